The van der Waals surface area contributed by atoms with E-state index >= 15 is 0 Å². The first-order valence-corrected chi connectivity index (χ1v) is 10.6. The van der Waals surface area contributed by atoms with Crippen LogP contribution in [0.4, 0.5) is 11.4 Å². The number of amides is 2. The van der Waals surface area contributed by atoms with Crippen LogP contribution in [0.2, 0.25) is 0 Å². The van der Waals surface area contributed by atoms with Crippen LogP contribution in [0.1, 0.15) is 48.0 Å². The van der Waals surface area contributed by atoms with Crippen molar-refractivity contribution in [3.63, 3.8) is 0 Å². The Morgan fingerprint density at radius 2 is 1.60 bits per heavy atom. The molecule has 1 heterocycles. The molecule has 2 aromatic rings. The van der Waals surface area contributed by atoms with Gasteiger partial charge in [0, 0.05) is 23.5 Å². The monoisotopic (exact) mass is 406 g/mol. The summed E-state index contributed by atoms with van der Waals surface area (Å²) < 4.78 is 0. The zero-order chi connectivity index (χ0) is 21.1. The van der Waals surface area contributed by atoms with E-state index in [0.717, 1.165) is 31.4 Å². The van der Waals surface area contributed by atoms with Crippen molar-refractivity contribution in [1.82, 2.24) is 0 Å². The molecule has 0 bridgehead atoms. The molecule has 0 radical (unpaired) electrons. The van der Waals surface area contributed by atoms with Crippen LogP contribution in [0.25, 0.3) is 0 Å². The zero-order valence-corrected chi connectivity index (χ0v) is 16.8. The van der Waals surface area contributed by atoms with E-state index in [1.165, 1.54) is 5.56 Å². The summed E-state index contributed by atoms with van der Waals surface area (Å²) in [4.78, 5) is 38.9. The number of aliphatic carboxylic acids is 1. The van der Waals surface area contributed by atoms with Crippen LogP contribution < -0.4 is 10.2 Å². The molecule has 0 spiro atoms. The summed E-state index contributed by atoms with van der Waals surface area (Å²) in [5.41, 5.74) is 3.28. The molecule has 0 unspecified atom stereocenters. The van der Waals surface area contributed by atoms with Crippen LogP contribution in [0.15, 0.2) is 48.5 Å². The lowest BCUT2D eigenvalue weighted by atomic mass is 9.78. The molecule has 0 saturated heterocycles. The molecule has 0 aromatic heterocycles. The molecule has 1 saturated carbocycles. The lowest BCUT2D eigenvalue weighted by molar-refractivity contribution is -0.147. The third kappa shape index (κ3) is 4.08. The van der Waals surface area contributed by atoms with Crippen molar-refractivity contribution in [2.24, 2.45) is 11.8 Å². The Morgan fingerprint density at radius 1 is 0.900 bits per heavy atom. The molecule has 2 aliphatic rings. The summed E-state index contributed by atoms with van der Waals surface area (Å²) in [5, 5.41) is 12.2. The van der Waals surface area contributed by atoms with Gasteiger partial charge in [0.15, 0.2) is 0 Å². The summed E-state index contributed by atoms with van der Waals surface area (Å²) in [7, 11) is 0. The summed E-state index contributed by atoms with van der Waals surface area (Å²) in [6.07, 6.45) is 4.75. The normalized spacial score (nSPS) is 20.9. The molecule has 30 heavy (non-hydrogen) atoms. The summed E-state index contributed by atoms with van der Waals surface area (Å²) in [6.45, 7) is 0.687. The average Bonchev–Trinajstić information content (AvgIpc) is 2.78. The molecule has 4 rings (SSSR count). The van der Waals surface area contributed by atoms with Gasteiger partial charge in [-0.15, -0.1) is 0 Å². The molecule has 156 valence electrons. The van der Waals surface area contributed by atoms with Crippen molar-refractivity contribution in [2.45, 2.75) is 38.5 Å². The maximum atomic E-state index is 13.0. The van der Waals surface area contributed by atoms with Gasteiger partial charge in [0.05, 0.1) is 11.8 Å². The number of hydrogen-bond donors (Lipinski definition) is 2. The Balaban J connectivity index is 1.45. The number of nitrogens with zero attached hydrogens (tertiary/aromatic N) is 1. The van der Waals surface area contributed by atoms with Crippen LogP contribution >= 0.6 is 0 Å². The van der Waals surface area contributed by atoms with Gasteiger partial charge in [-0.3, -0.25) is 14.4 Å². The molecule has 1 aliphatic heterocycles. The van der Waals surface area contributed by atoms with E-state index in [1.807, 2.05) is 23.1 Å². The highest BCUT2D eigenvalue weighted by molar-refractivity contribution is 6.07. The Hall–Kier alpha value is -3.15. The first kappa shape index (κ1) is 20.1. The second-order valence-electron chi connectivity index (χ2n) is 8.09. The first-order valence-electron chi connectivity index (χ1n) is 10.6. The summed E-state index contributed by atoms with van der Waals surface area (Å²) >= 11 is 0. The largest absolute Gasteiger partial charge is 0.481 e. The Labute approximate surface area is 175 Å². The van der Waals surface area contributed by atoms with Gasteiger partial charge in [-0.25, -0.2) is 0 Å². The highest BCUT2D eigenvalue weighted by atomic mass is 16.4. The number of carboxylic acids is 1. The van der Waals surface area contributed by atoms with Crippen LogP contribution in [0, 0.1) is 11.8 Å². The molecular weight excluding hydrogens is 380 g/mol. The lowest BCUT2D eigenvalue weighted by Gasteiger charge is -2.29. The van der Waals surface area contributed by atoms with Crippen molar-refractivity contribution in [1.29, 1.82) is 0 Å². The van der Waals surface area contributed by atoms with Gasteiger partial charge in [0.2, 0.25) is 5.91 Å². The minimum atomic E-state index is -0.905. The van der Waals surface area contributed by atoms with E-state index < -0.39 is 17.8 Å². The number of fused-ring (bicyclic) bond motifs is 1. The van der Waals surface area contributed by atoms with Crippen molar-refractivity contribution in [3.05, 3.63) is 59.7 Å². The number of benzene rings is 2. The average molecular weight is 406 g/mol. The third-order valence-corrected chi connectivity index (χ3v) is 6.17. The number of anilines is 2. The number of nitrogens with one attached hydrogen (secondary N) is 1. The number of carbonyl (C=O) groups excluding carboxylic acids is 2. The molecule has 6 heteroatoms. The van der Waals surface area contributed by atoms with E-state index in [-0.39, 0.29) is 11.8 Å². The lowest BCUT2D eigenvalue weighted by Crippen LogP contribution is -2.36. The van der Waals surface area contributed by atoms with Crippen LogP contribution in [-0.2, 0) is 16.0 Å². The smallest absolute Gasteiger partial charge is 0.307 e. The molecule has 6 nitrogen and oxygen atoms in total. The summed E-state index contributed by atoms with van der Waals surface area (Å²) in [6, 6.07) is 14.8. The van der Waals surface area contributed by atoms with Crippen LogP contribution in [-0.4, -0.2) is 29.4 Å². The maximum absolute atomic E-state index is 13.0. The molecular formula is C24H26N2O4. The third-order valence-electron chi connectivity index (χ3n) is 6.17. The zero-order valence-electron chi connectivity index (χ0n) is 16.8. The molecule has 2 atom stereocenters. The van der Waals surface area contributed by atoms with Crippen molar-refractivity contribution >= 4 is 29.2 Å². The van der Waals surface area contributed by atoms with Gasteiger partial charge in [-0.2, -0.15) is 0 Å². The Bertz CT molecular complexity index is 954. The Morgan fingerprint density at radius 3 is 2.33 bits per heavy atom. The predicted octanol–water partition coefficient (Wildman–Crippen LogP) is 4.11. The Kier molecular flexibility index (Phi) is 5.84. The highest BCUT2D eigenvalue weighted by Gasteiger charge is 2.35. The van der Waals surface area contributed by atoms with Gasteiger partial charge in [0.25, 0.3) is 5.91 Å². The number of para-hydroxylation sites is 1. The maximum Gasteiger partial charge on any atom is 0.307 e. The molecule has 2 aromatic carbocycles. The number of rotatable bonds is 4. The molecule has 2 amide bonds. The number of carbonyl (C=O) groups is 3. The van der Waals surface area contributed by atoms with Gasteiger partial charge in [-0.05, 0) is 61.6 Å². The predicted molar refractivity (Wildman–Crippen MR) is 115 cm³/mol. The second-order valence-corrected chi connectivity index (χ2v) is 8.09. The topological polar surface area (TPSA) is 86.7 Å². The van der Waals surface area contributed by atoms with Gasteiger partial charge in [0.1, 0.15) is 0 Å². The van der Waals surface area contributed by atoms with E-state index in [1.54, 1.807) is 24.3 Å². The van der Waals surface area contributed by atoms with Crippen molar-refractivity contribution in [3.8, 4) is 0 Å². The highest BCUT2D eigenvalue weighted by Crippen LogP contribution is 2.32. The van der Waals surface area contributed by atoms with Gasteiger partial charge >= 0.3 is 5.97 Å². The standard InChI is InChI=1S/C24H26N2O4/c27-22(19-8-2-3-9-20(19)24(29)30)25-18-13-11-17(12-14-18)23(28)26-15-5-7-16-6-1-4-10-21(16)26/h1,4,6,10-14,19-20H,2-3,5,7-9,15H2,(H,25,27)(H,29,30)/t19-,20-/m1/s1. The minimum absolute atomic E-state index is 0.0572. The van der Waals surface area contributed by atoms with E-state index in [4.69, 9.17) is 0 Å². The van der Waals surface area contributed by atoms with E-state index in [0.29, 0.717) is 30.6 Å². The molecule has 1 fully saturated rings. The number of carboxylic acid groups (broad SMARTS) is 1. The van der Waals surface area contributed by atoms with Crippen molar-refractivity contribution in [2.75, 3.05) is 16.8 Å². The molecule has 1 aliphatic carbocycles. The number of aryl methyl sites for hydroxylation is 1. The van der Waals surface area contributed by atoms with Gasteiger partial charge in [-0.1, -0.05) is 31.0 Å². The van der Waals surface area contributed by atoms with E-state index in [9.17, 15) is 19.5 Å². The van der Waals surface area contributed by atoms with Crippen LogP contribution in [0.5, 0.6) is 0 Å². The fourth-order valence-corrected chi connectivity index (χ4v) is 4.57. The van der Waals surface area contributed by atoms with Gasteiger partial charge < -0.3 is 15.3 Å². The fourth-order valence-electron chi connectivity index (χ4n) is 4.57. The minimum Gasteiger partial charge on any atom is -0.481 e. The quantitative estimate of drug-likeness (QED) is 0.800. The second kappa shape index (κ2) is 8.69. The van der Waals surface area contributed by atoms with Crippen LogP contribution in [0.3, 0.4) is 0 Å². The van der Waals surface area contributed by atoms with Crippen molar-refractivity contribution < 1.29 is 19.5 Å². The van der Waals surface area contributed by atoms with E-state index in [2.05, 4.69) is 11.4 Å². The SMILES string of the molecule is O=C(O)[C@@H]1CCCC[C@H]1C(=O)Nc1ccc(C(=O)N2CCCc3ccccc32)cc1. The summed E-state index contributed by atoms with van der Waals surface area (Å²) in [5.74, 6) is -2.36. The fraction of sp³-hybridized carbons (Fsp3) is 0.375. The molecule has 2 N–H and O–H groups in total. The number of hydrogen-bond acceptors (Lipinski definition) is 3. The first-order chi connectivity index (χ1) is 14.5.